The van der Waals surface area contributed by atoms with Gasteiger partial charge in [0.2, 0.25) is 0 Å². The molecule has 1 aliphatic rings. The van der Waals surface area contributed by atoms with E-state index in [1.54, 1.807) is 18.1 Å². The molecule has 1 rings (SSSR count). The minimum absolute atomic E-state index is 1.12. The molecule has 8 heavy (non-hydrogen) atoms. The number of hydrogen-bond acceptors (Lipinski definition) is 0. The molecule has 0 aromatic rings. The second-order valence-corrected chi connectivity index (χ2v) is 4.63. The minimum atomic E-state index is 1.12. The summed E-state index contributed by atoms with van der Waals surface area (Å²) in [4.78, 5) is 0. The maximum absolute atomic E-state index is 1.60. The van der Waals surface area contributed by atoms with E-state index < -0.39 is 0 Å². The Morgan fingerprint density at radius 1 is 1.12 bits per heavy atom. The Kier molecular flexibility index (Phi) is 2.95. The van der Waals surface area contributed by atoms with Crippen molar-refractivity contribution in [2.24, 2.45) is 5.92 Å². The Morgan fingerprint density at radius 2 is 1.75 bits per heavy atom. The van der Waals surface area contributed by atoms with Gasteiger partial charge in [0.15, 0.2) is 0 Å². The van der Waals surface area contributed by atoms with Crippen molar-refractivity contribution in [3.63, 3.8) is 0 Å². The first-order valence-electron chi connectivity index (χ1n) is 3.93. The molecule has 0 nitrogen and oxygen atoms in total. The fourth-order valence-corrected chi connectivity index (χ4v) is 3.31. The zero-order valence-electron chi connectivity index (χ0n) is 5.82. The van der Waals surface area contributed by atoms with Gasteiger partial charge in [0.05, 0.1) is 0 Å². The average Bonchev–Trinajstić information content (AvgIpc) is 1.90. The predicted molar refractivity (Wildman–Crippen MR) is 41.3 cm³/mol. The quantitative estimate of drug-likeness (QED) is 0.524. The summed E-state index contributed by atoms with van der Waals surface area (Å²) in [7, 11) is 0. The van der Waals surface area contributed by atoms with Crippen LogP contribution in [0.25, 0.3) is 0 Å². The van der Waals surface area contributed by atoms with Gasteiger partial charge >= 0.3 is 59.8 Å². The summed E-state index contributed by atoms with van der Waals surface area (Å²) in [5, 5.41) is 1.60. The fourth-order valence-electron chi connectivity index (χ4n) is 1.60. The molecule has 1 saturated carbocycles. The Balaban J connectivity index is 2.13. The molecule has 1 fully saturated rings. The Morgan fingerprint density at radius 3 is 2.12 bits per heavy atom. The molecule has 0 aromatic heterocycles. The van der Waals surface area contributed by atoms with Gasteiger partial charge in [-0.15, -0.1) is 0 Å². The molecule has 0 bridgehead atoms. The van der Waals surface area contributed by atoms with Crippen LogP contribution in [-0.4, -0.2) is 16.5 Å². The first-order valence-corrected chi connectivity index (χ1v) is 6.90. The number of rotatable bonds is 1. The van der Waals surface area contributed by atoms with E-state index in [2.05, 4.69) is 0 Å². The molecular formula is C7H16Ge. The molecule has 0 unspecified atom stereocenters. The van der Waals surface area contributed by atoms with Gasteiger partial charge < -0.3 is 0 Å². The molecular weight excluding hydrogens is 157 g/mol. The Hall–Kier alpha value is 0.543. The van der Waals surface area contributed by atoms with Crippen LogP contribution >= 0.6 is 0 Å². The van der Waals surface area contributed by atoms with Crippen LogP contribution in [0.3, 0.4) is 0 Å². The monoisotopic (exact) mass is 174 g/mol. The molecule has 0 amide bonds. The third-order valence-electron chi connectivity index (χ3n) is 2.30. The van der Waals surface area contributed by atoms with Crippen LogP contribution in [0, 0.1) is 5.92 Å². The first-order chi connectivity index (χ1) is 3.93. The Bertz CT molecular complexity index is 55.4. The molecule has 0 spiro atoms. The van der Waals surface area contributed by atoms with E-state index in [4.69, 9.17) is 0 Å². The summed E-state index contributed by atoms with van der Waals surface area (Å²) >= 11 is 1.12. The van der Waals surface area contributed by atoms with Crippen LogP contribution < -0.4 is 0 Å². The molecule has 0 N–H and O–H groups in total. The normalized spacial score (nSPS) is 24.0. The van der Waals surface area contributed by atoms with Crippen molar-refractivity contribution in [1.82, 2.24) is 0 Å². The molecule has 0 radical (unpaired) electrons. The van der Waals surface area contributed by atoms with E-state index in [-0.39, 0.29) is 0 Å². The van der Waals surface area contributed by atoms with Gasteiger partial charge in [0.1, 0.15) is 0 Å². The van der Waals surface area contributed by atoms with Crippen molar-refractivity contribution in [1.29, 1.82) is 0 Å². The summed E-state index contributed by atoms with van der Waals surface area (Å²) in [6.07, 6.45) is 7.69. The van der Waals surface area contributed by atoms with Gasteiger partial charge in [-0.3, -0.25) is 0 Å². The predicted octanol–water partition coefficient (Wildman–Crippen LogP) is 1.35. The zero-order chi connectivity index (χ0) is 5.82. The topological polar surface area (TPSA) is 0 Å². The summed E-state index contributed by atoms with van der Waals surface area (Å²) in [6, 6.07) is 0. The van der Waals surface area contributed by atoms with E-state index in [9.17, 15) is 0 Å². The molecule has 0 saturated heterocycles. The van der Waals surface area contributed by atoms with Crippen LogP contribution in [-0.2, 0) is 0 Å². The van der Waals surface area contributed by atoms with Gasteiger partial charge in [0.25, 0.3) is 0 Å². The zero-order valence-corrected chi connectivity index (χ0v) is 10.0. The van der Waals surface area contributed by atoms with Gasteiger partial charge in [0, 0.05) is 0 Å². The van der Waals surface area contributed by atoms with Crippen molar-refractivity contribution < 1.29 is 0 Å². The van der Waals surface area contributed by atoms with Crippen LogP contribution in [0.15, 0.2) is 0 Å². The second kappa shape index (κ2) is 3.55. The SMILES string of the molecule is [GeH3][CH2]C1CCCCC1. The summed E-state index contributed by atoms with van der Waals surface area (Å²) < 4.78 is 0. The van der Waals surface area contributed by atoms with Crippen LogP contribution in [0.2, 0.25) is 5.25 Å². The summed E-state index contributed by atoms with van der Waals surface area (Å²) in [5.74, 6) is 1.17. The van der Waals surface area contributed by atoms with Gasteiger partial charge in [-0.25, -0.2) is 0 Å². The van der Waals surface area contributed by atoms with Crippen molar-refractivity contribution in [2.75, 3.05) is 0 Å². The van der Waals surface area contributed by atoms with E-state index in [0.717, 1.165) is 16.5 Å². The van der Waals surface area contributed by atoms with Crippen LogP contribution in [0.1, 0.15) is 32.1 Å². The molecule has 48 valence electrons. The van der Waals surface area contributed by atoms with E-state index in [0.29, 0.717) is 0 Å². The fraction of sp³-hybridized carbons (Fsp3) is 1.00. The van der Waals surface area contributed by atoms with Crippen molar-refractivity contribution in [2.45, 2.75) is 37.4 Å². The Labute approximate surface area is 60.3 Å². The third kappa shape index (κ3) is 1.81. The average molecular weight is 173 g/mol. The molecule has 1 heteroatoms. The second-order valence-electron chi connectivity index (χ2n) is 2.91. The standard InChI is InChI=1S/C7H16Ge/c8-6-7-4-2-1-3-5-7/h7H,1-6H2,8H3. The van der Waals surface area contributed by atoms with Gasteiger partial charge in [-0.05, 0) is 0 Å². The summed E-state index contributed by atoms with van der Waals surface area (Å²) in [6.45, 7) is 0. The van der Waals surface area contributed by atoms with Gasteiger partial charge in [-0.1, -0.05) is 0 Å². The van der Waals surface area contributed by atoms with Gasteiger partial charge in [-0.2, -0.15) is 0 Å². The summed E-state index contributed by atoms with van der Waals surface area (Å²) in [5.41, 5.74) is 0. The van der Waals surface area contributed by atoms with Crippen molar-refractivity contribution in [3.05, 3.63) is 0 Å². The van der Waals surface area contributed by atoms with E-state index >= 15 is 0 Å². The van der Waals surface area contributed by atoms with Crippen molar-refractivity contribution in [3.8, 4) is 0 Å². The van der Waals surface area contributed by atoms with E-state index in [1.807, 2.05) is 0 Å². The van der Waals surface area contributed by atoms with Crippen LogP contribution in [0.4, 0.5) is 0 Å². The molecule has 0 aliphatic heterocycles. The molecule has 0 atom stereocenters. The molecule has 0 heterocycles. The first kappa shape index (κ1) is 6.66. The van der Waals surface area contributed by atoms with Crippen LogP contribution in [0.5, 0.6) is 0 Å². The molecule has 0 aromatic carbocycles. The number of hydrogen-bond donors (Lipinski definition) is 0. The van der Waals surface area contributed by atoms with E-state index in [1.165, 1.54) is 25.2 Å². The van der Waals surface area contributed by atoms with Crippen molar-refractivity contribution >= 4 is 16.5 Å². The molecule has 1 aliphatic carbocycles. The third-order valence-corrected chi connectivity index (χ3v) is 4.72. The maximum atomic E-state index is 1.60.